The predicted octanol–water partition coefficient (Wildman–Crippen LogP) is 13.2. The first kappa shape index (κ1) is 58.2. The van der Waals surface area contributed by atoms with Crippen LogP contribution in [0.2, 0.25) is 0 Å². The van der Waals surface area contributed by atoms with Gasteiger partial charge in [-0.3, -0.25) is 18.7 Å². The SMILES string of the molecule is CCCCn1c(O)c(C(C)(C)CC(C)(C)C(C)(C)c2c(C(C)(C)CC(C)(C)C)c(O)n(CCCn3ccnc3)c2O)c(C(C)(C)C(C)(C)CC(C)(C)C(C(=O)O)C(C(=O)OCC)C(C)(C)C)c1O. The van der Waals surface area contributed by atoms with Crippen molar-refractivity contribution in [2.24, 2.45) is 38.9 Å². The Morgan fingerprint density at radius 3 is 1.40 bits per heavy atom. The Hall–Kier alpha value is -4.09. The van der Waals surface area contributed by atoms with Crippen LogP contribution in [-0.2, 0) is 55.6 Å². The van der Waals surface area contributed by atoms with E-state index in [0.29, 0.717) is 55.6 Å². The van der Waals surface area contributed by atoms with Gasteiger partial charge >= 0.3 is 11.9 Å². The molecule has 0 spiro atoms. The molecular weight excluding hydrogens is 857 g/mol. The fraction of sp³-hybridized carbons (Fsp3) is 0.768. The third kappa shape index (κ3) is 11.7. The van der Waals surface area contributed by atoms with E-state index >= 15 is 0 Å². The summed E-state index contributed by atoms with van der Waals surface area (Å²) in [5, 5.41) is 60.8. The lowest BCUT2D eigenvalue weighted by atomic mass is 9.52. The molecule has 0 saturated carbocycles. The predicted molar refractivity (Wildman–Crippen MR) is 275 cm³/mol. The quantitative estimate of drug-likeness (QED) is 0.0580. The lowest BCUT2D eigenvalue weighted by molar-refractivity contribution is -0.169. The van der Waals surface area contributed by atoms with Gasteiger partial charge in [0.25, 0.3) is 0 Å². The third-order valence-corrected chi connectivity index (χ3v) is 16.2. The Bertz CT molecular complexity index is 2200. The molecule has 2 atom stereocenters. The van der Waals surface area contributed by atoms with Crippen molar-refractivity contribution in [1.82, 2.24) is 18.7 Å². The Morgan fingerprint density at radius 2 is 1.01 bits per heavy atom. The van der Waals surface area contributed by atoms with Crippen LogP contribution in [0.15, 0.2) is 18.7 Å². The van der Waals surface area contributed by atoms with Crippen LogP contribution in [0.1, 0.15) is 213 Å². The molecule has 0 fully saturated rings. The van der Waals surface area contributed by atoms with E-state index in [4.69, 9.17) is 4.74 Å². The van der Waals surface area contributed by atoms with Crippen LogP contribution in [-0.4, -0.2) is 62.8 Å². The van der Waals surface area contributed by atoms with Crippen molar-refractivity contribution in [3.8, 4) is 23.5 Å². The van der Waals surface area contributed by atoms with Crippen LogP contribution in [0.25, 0.3) is 0 Å². The second-order valence-corrected chi connectivity index (χ2v) is 26.9. The van der Waals surface area contributed by atoms with Crippen LogP contribution in [0.5, 0.6) is 23.5 Å². The fourth-order valence-corrected chi connectivity index (χ4v) is 12.3. The van der Waals surface area contributed by atoms with Crippen LogP contribution >= 0.6 is 0 Å². The highest BCUT2D eigenvalue weighted by Gasteiger charge is 2.56. The maximum atomic E-state index is 13.6. The first-order valence-corrected chi connectivity index (χ1v) is 25.3. The number of carbonyl (C=O) groups is 2. The molecule has 0 aliphatic rings. The van der Waals surface area contributed by atoms with Crippen molar-refractivity contribution < 1.29 is 39.9 Å². The molecule has 0 saturated heterocycles. The summed E-state index contributed by atoms with van der Waals surface area (Å²) in [6, 6.07) is 0. The molecule has 0 radical (unpaired) electrons. The molecule has 3 aromatic heterocycles. The number of aliphatic carboxylic acids is 1. The second kappa shape index (κ2) is 20.0. The molecule has 0 amide bonds. The number of carbonyl (C=O) groups excluding carboxylic acids is 1. The minimum absolute atomic E-state index is 0.00254. The number of aromatic nitrogens is 4. The van der Waals surface area contributed by atoms with Gasteiger partial charge in [-0.1, -0.05) is 152 Å². The number of esters is 1. The van der Waals surface area contributed by atoms with Gasteiger partial charge in [-0.25, -0.2) is 4.98 Å². The first-order chi connectivity index (χ1) is 30.6. The number of hydrogen-bond donors (Lipinski definition) is 5. The number of carboxylic acids is 1. The van der Waals surface area contributed by atoms with E-state index < -0.39 is 67.1 Å². The monoisotopic (exact) mass is 953 g/mol. The van der Waals surface area contributed by atoms with Crippen molar-refractivity contribution in [3.05, 3.63) is 41.0 Å². The lowest BCUT2D eigenvalue weighted by Gasteiger charge is -2.51. The fourth-order valence-electron chi connectivity index (χ4n) is 12.3. The van der Waals surface area contributed by atoms with E-state index in [0.717, 1.165) is 24.8 Å². The Labute approximate surface area is 411 Å². The maximum absolute atomic E-state index is 13.6. The van der Waals surface area contributed by atoms with Gasteiger partial charge in [-0.2, -0.15) is 0 Å². The summed E-state index contributed by atoms with van der Waals surface area (Å²) in [4.78, 5) is 31.2. The Balaban J connectivity index is 2.31. The van der Waals surface area contributed by atoms with E-state index in [2.05, 4.69) is 116 Å². The molecular formula is C56H96N4O8. The molecule has 12 nitrogen and oxygen atoms in total. The van der Waals surface area contributed by atoms with E-state index in [9.17, 15) is 35.1 Å². The van der Waals surface area contributed by atoms with E-state index in [1.807, 2.05) is 45.4 Å². The summed E-state index contributed by atoms with van der Waals surface area (Å²) >= 11 is 0. The topological polar surface area (TPSA) is 172 Å². The molecule has 0 aromatic carbocycles. The molecule has 2 unspecified atom stereocenters. The van der Waals surface area contributed by atoms with Gasteiger partial charge in [0.2, 0.25) is 0 Å². The van der Waals surface area contributed by atoms with E-state index in [1.54, 1.807) is 28.6 Å². The van der Waals surface area contributed by atoms with Crippen molar-refractivity contribution in [1.29, 1.82) is 0 Å². The van der Waals surface area contributed by atoms with Gasteiger partial charge in [0, 0.05) is 65.1 Å². The number of imidazole rings is 1. The molecule has 5 N–H and O–H groups in total. The van der Waals surface area contributed by atoms with Crippen LogP contribution in [0.3, 0.4) is 0 Å². The molecule has 68 heavy (non-hydrogen) atoms. The van der Waals surface area contributed by atoms with Crippen molar-refractivity contribution >= 4 is 11.9 Å². The Kier molecular flexibility index (Phi) is 17.1. The van der Waals surface area contributed by atoms with Gasteiger partial charge in [-0.15, -0.1) is 0 Å². The zero-order chi connectivity index (χ0) is 52.8. The molecule has 12 heteroatoms. The summed E-state index contributed by atoms with van der Waals surface area (Å²) in [6.07, 6.45) is 9.22. The lowest BCUT2D eigenvalue weighted by Crippen LogP contribution is -2.50. The van der Waals surface area contributed by atoms with Crippen molar-refractivity contribution in [3.63, 3.8) is 0 Å². The number of carboxylic acid groups (broad SMARTS) is 1. The summed E-state index contributed by atoms with van der Waals surface area (Å²) in [5.74, 6) is -3.50. The smallest absolute Gasteiger partial charge is 0.310 e. The first-order valence-electron chi connectivity index (χ1n) is 25.3. The summed E-state index contributed by atoms with van der Waals surface area (Å²) < 4.78 is 10.8. The normalized spacial score (nSPS) is 14.9. The molecule has 3 aromatic rings. The standard InChI is InChI=1S/C56H96N4O8/c1-23-25-29-59-43(62)37(39(44(59)63)56(21,22)54(17,18)34-52(13,14)40(46(65)66)41(49(6,7)8)47(67)68-24-2)51(11,12)33-53(15,16)55(19,20)38-36(50(9,10)32-48(3,4)5)42(61)60(45(38)64)30-26-28-58-31-27-57-35-58/h27,31,35,40-41,61-64H,23-26,28-30,32-34H2,1-22H3,(H,65,66). The number of ether oxygens (including phenoxy) is 1. The van der Waals surface area contributed by atoms with Crippen LogP contribution in [0.4, 0.5) is 0 Å². The van der Waals surface area contributed by atoms with Gasteiger partial charge < -0.3 is 34.8 Å². The van der Waals surface area contributed by atoms with E-state index in [-0.39, 0.29) is 35.5 Å². The van der Waals surface area contributed by atoms with Gasteiger partial charge in [0.15, 0.2) is 23.5 Å². The molecule has 3 rings (SSSR count). The number of aryl methyl sites for hydroxylation is 1. The highest BCUT2D eigenvalue weighted by molar-refractivity contribution is 5.82. The van der Waals surface area contributed by atoms with Crippen molar-refractivity contribution in [2.75, 3.05) is 6.61 Å². The third-order valence-electron chi connectivity index (χ3n) is 16.2. The van der Waals surface area contributed by atoms with Gasteiger partial charge in [0.05, 0.1) is 24.8 Å². The second-order valence-electron chi connectivity index (χ2n) is 26.9. The molecule has 0 aliphatic carbocycles. The summed E-state index contributed by atoms with van der Waals surface area (Å²) in [6.45, 7) is 46.9. The molecule has 0 bridgehead atoms. The number of unbranched alkanes of at least 4 members (excludes halogenated alkanes) is 1. The Morgan fingerprint density at radius 1 is 0.588 bits per heavy atom. The maximum Gasteiger partial charge on any atom is 0.310 e. The zero-order valence-corrected chi connectivity index (χ0v) is 46.7. The van der Waals surface area contributed by atoms with Crippen LogP contribution in [0, 0.1) is 38.9 Å². The van der Waals surface area contributed by atoms with Gasteiger partial charge in [-0.05, 0) is 76.9 Å². The molecule has 388 valence electrons. The minimum Gasteiger partial charge on any atom is -0.494 e. The number of hydrogen-bond acceptors (Lipinski definition) is 8. The number of aromatic hydroxyl groups is 4. The molecule has 3 heterocycles. The summed E-state index contributed by atoms with van der Waals surface area (Å²) in [5.41, 5.74) is -3.39. The number of rotatable bonds is 23. The number of nitrogens with zero attached hydrogens (tertiary/aromatic N) is 4. The van der Waals surface area contributed by atoms with Gasteiger partial charge in [0.1, 0.15) is 0 Å². The van der Waals surface area contributed by atoms with E-state index in [1.165, 1.54) is 0 Å². The minimum atomic E-state index is -1.09. The van der Waals surface area contributed by atoms with Crippen molar-refractivity contribution in [2.45, 2.75) is 232 Å². The van der Waals surface area contributed by atoms with Crippen LogP contribution < -0.4 is 0 Å². The average molecular weight is 953 g/mol. The summed E-state index contributed by atoms with van der Waals surface area (Å²) in [7, 11) is 0. The molecule has 0 aliphatic heterocycles. The highest BCUT2D eigenvalue weighted by atomic mass is 16.5. The zero-order valence-electron chi connectivity index (χ0n) is 46.7. The highest BCUT2D eigenvalue weighted by Crippen LogP contribution is 2.61. The largest absolute Gasteiger partial charge is 0.494 e. The average Bonchev–Trinajstić information content (AvgIpc) is 3.82.